The summed E-state index contributed by atoms with van der Waals surface area (Å²) in [7, 11) is 0. The predicted molar refractivity (Wildman–Crippen MR) is 108 cm³/mol. The number of rotatable bonds is 4. The van der Waals surface area contributed by atoms with E-state index in [1.807, 2.05) is 42.5 Å². The van der Waals surface area contributed by atoms with E-state index in [1.165, 1.54) is 4.90 Å². The first kappa shape index (κ1) is 20.1. The van der Waals surface area contributed by atoms with Crippen molar-refractivity contribution in [2.75, 3.05) is 6.61 Å². The average Bonchev–Trinajstić information content (AvgIpc) is 2.97. The molecule has 5 nitrogen and oxygen atoms in total. The van der Waals surface area contributed by atoms with Gasteiger partial charge >= 0.3 is 6.09 Å². The third-order valence-corrected chi connectivity index (χ3v) is 4.85. The van der Waals surface area contributed by atoms with E-state index in [2.05, 4.69) is 12.1 Å². The smallest absolute Gasteiger partial charge is 0.417 e. The van der Waals surface area contributed by atoms with Crippen molar-refractivity contribution in [1.29, 1.82) is 0 Å². The summed E-state index contributed by atoms with van der Waals surface area (Å²) < 4.78 is 5.41. The topological polar surface area (TPSA) is 66.8 Å². The molecule has 0 spiro atoms. The van der Waals surface area contributed by atoms with Gasteiger partial charge < -0.3 is 9.84 Å². The maximum atomic E-state index is 12.6. The van der Waals surface area contributed by atoms with Crippen LogP contribution in [0.3, 0.4) is 0 Å². The lowest BCUT2D eigenvalue weighted by atomic mass is 9.98. The predicted octanol–water partition coefficient (Wildman–Crippen LogP) is 4.04. The lowest BCUT2D eigenvalue weighted by molar-refractivity contribution is -0.132. The lowest BCUT2D eigenvalue weighted by Gasteiger charge is -2.27. The molecule has 0 saturated carbocycles. The Bertz CT molecular complexity index is 824. The van der Waals surface area contributed by atoms with Crippen molar-refractivity contribution in [3.05, 3.63) is 60.2 Å². The van der Waals surface area contributed by atoms with Gasteiger partial charge in [0.2, 0.25) is 5.91 Å². The van der Waals surface area contributed by atoms with Gasteiger partial charge in [-0.05, 0) is 50.3 Å². The number of hydrogen-bond acceptors (Lipinski definition) is 4. The molecule has 2 amide bonds. The van der Waals surface area contributed by atoms with Crippen LogP contribution >= 0.6 is 0 Å². The van der Waals surface area contributed by atoms with Crippen LogP contribution < -0.4 is 0 Å². The minimum atomic E-state index is -0.684. The van der Waals surface area contributed by atoms with Crippen molar-refractivity contribution in [1.82, 2.24) is 4.90 Å². The largest absolute Gasteiger partial charge is 0.443 e. The van der Waals surface area contributed by atoms with E-state index in [0.717, 1.165) is 16.7 Å². The van der Waals surface area contributed by atoms with Gasteiger partial charge in [0.25, 0.3) is 0 Å². The molecule has 1 aliphatic heterocycles. The second kappa shape index (κ2) is 8.15. The van der Waals surface area contributed by atoms with Crippen molar-refractivity contribution in [3.8, 4) is 11.1 Å². The van der Waals surface area contributed by atoms with Gasteiger partial charge in [-0.25, -0.2) is 9.69 Å². The highest BCUT2D eigenvalue weighted by molar-refractivity contribution is 5.95. The van der Waals surface area contributed by atoms with E-state index in [9.17, 15) is 14.7 Å². The molecule has 1 fully saturated rings. The SMILES string of the molecule is CC(C)(C)OC(=O)N1C(=O)C(CO)CC1Cc1ccc(-c2ccccc2)cc1. The van der Waals surface area contributed by atoms with Crippen LogP contribution in [-0.4, -0.2) is 40.3 Å². The molecule has 0 bridgehead atoms. The molecular formula is C23H27NO4. The van der Waals surface area contributed by atoms with Crippen molar-refractivity contribution in [2.24, 2.45) is 5.92 Å². The van der Waals surface area contributed by atoms with E-state index < -0.39 is 17.6 Å². The van der Waals surface area contributed by atoms with Crippen molar-refractivity contribution >= 4 is 12.0 Å². The first-order chi connectivity index (χ1) is 13.3. The summed E-state index contributed by atoms with van der Waals surface area (Å²) in [6.45, 7) is 5.05. The Morgan fingerprint density at radius 1 is 1.07 bits per heavy atom. The Kier molecular flexibility index (Phi) is 5.84. The Hall–Kier alpha value is -2.66. The normalized spacial score (nSPS) is 19.7. The number of amides is 2. The molecule has 0 aliphatic carbocycles. The van der Waals surface area contributed by atoms with Crippen molar-refractivity contribution < 1.29 is 19.4 Å². The molecular weight excluding hydrogens is 354 g/mol. The number of aliphatic hydroxyl groups is 1. The number of likely N-dealkylation sites (tertiary alicyclic amines) is 1. The molecule has 3 rings (SSSR count). The summed E-state index contributed by atoms with van der Waals surface area (Å²) in [6, 6.07) is 17.9. The van der Waals surface area contributed by atoms with Crippen LogP contribution in [-0.2, 0) is 16.0 Å². The molecule has 2 aromatic rings. The molecule has 28 heavy (non-hydrogen) atoms. The molecule has 1 N–H and O–H groups in total. The molecule has 1 saturated heterocycles. The Morgan fingerprint density at radius 3 is 2.25 bits per heavy atom. The second-order valence-electron chi connectivity index (χ2n) is 8.22. The summed E-state index contributed by atoms with van der Waals surface area (Å²) in [6.07, 6.45) is 0.338. The Labute approximate surface area is 165 Å². The fraction of sp³-hybridized carbons (Fsp3) is 0.391. The highest BCUT2D eigenvalue weighted by atomic mass is 16.6. The molecule has 0 radical (unpaired) electrons. The number of hydrogen-bond donors (Lipinski definition) is 1. The standard InChI is InChI=1S/C23H27NO4/c1-23(2,3)28-22(27)24-20(14-19(15-25)21(24)26)13-16-9-11-18(12-10-16)17-7-5-4-6-8-17/h4-12,19-20,25H,13-15H2,1-3H3. The zero-order chi connectivity index (χ0) is 20.3. The highest BCUT2D eigenvalue weighted by Gasteiger charge is 2.44. The third-order valence-electron chi connectivity index (χ3n) is 4.85. The molecule has 2 aromatic carbocycles. The van der Waals surface area contributed by atoms with Gasteiger partial charge in [0, 0.05) is 6.04 Å². The van der Waals surface area contributed by atoms with Gasteiger partial charge in [-0.2, -0.15) is 0 Å². The number of nitrogens with zero attached hydrogens (tertiary/aromatic N) is 1. The van der Waals surface area contributed by atoms with Crippen LogP contribution in [0.4, 0.5) is 4.79 Å². The van der Waals surface area contributed by atoms with Crippen LogP contribution in [0.1, 0.15) is 32.8 Å². The lowest BCUT2D eigenvalue weighted by Crippen LogP contribution is -2.43. The zero-order valence-electron chi connectivity index (χ0n) is 16.6. The fourth-order valence-corrected chi connectivity index (χ4v) is 3.52. The maximum absolute atomic E-state index is 12.6. The van der Waals surface area contributed by atoms with Gasteiger partial charge in [-0.1, -0.05) is 54.6 Å². The average molecular weight is 381 g/mol. The van der Waals surface area contributed by atoms with Crippen molar-refractivity contribution in [3.63, 3.8) is 0 Å². The van der Waals surface area contributed by atoms with E-state index in [-0.39, 0.29) is 18.6 Å². The van der Waals surface area contributed by atoms with Gasteiger partial charge in [0.15, 0.2) is 0 Å². The van der Waals surface area contributed by atoms with Crippen LogP contribution in [0, 0.1) is 5.92 Å². The number of carbonyl (C=O) groups is 2. The number of benzene rings is 2. The summed E-state index contributed by atoms with van der Waals surface area (Å²) >= 11 is 0. The number of aliphatic hydroxyl groups excluding tert-OH is 1. The minimum Gasteiger partial charge on any atom is -0.443 e. The van der Waals surface area contributed by atoms with Gasteiger partial charge in [0.1, 0.15) is 5.60 Å². The molecule has 148 valence electrons. The van der Waals surface area contributed by atoms with Crippen molar-refractivity contribution in [2.45, 2.75) is 45.3 Å². The minimum absolute atomic E-state index is 0.262. The Balaban J connectivity index is 1.77. The number of carbonyl (C=O) groups excluding carboxylic acids is 2. The van der Waals surface area contributed by atoms with E-state index >= 15 is 0 Å². The Morgan fingerprint density at radius 2 is 1.68 bits per heavy atom. The third kappa shape index (κ3) is 4.60. The van der Waals surface area contributed by atoms with Crippen LogP contribution in [0.5, 0.6) is 0 Å². The van der Waals surface area contributed by atoms with Gasteiger partial charge in [-0.15, -0.1) is 0 Å². The zero-order valence-corrected chi connectivity index (χ0v) is 16.6. The molecule has 1 heterocycles. The maximum Gasteiger partial charge on any atom is 0.417 e. The molecule has 1 aliphatic rings. The highest BCUT2D eigenvalue weighted by Crippen LogP contribution is 2.29. The summed E-state index contributed by atoms with van der Waals surface area (Å²) in [5, 5.41) is 9.52. The second-order valence-corrected chi connectivity index (χ2v) is 8.22. The summed E-state index contributed by atoms with van der Waals surface area (Å²) in [5.41, 5.74) is 2.60. The van der Waals surface area contributed by atoms with Crippen LogP contribution in [0.2, 0.25) is 0 Å². The van der Waals surface area contributed by atoms with E-state index in [0.29, 0.717) is 12.8 Å². The fourth-order valence-electron chi connectivity index (χ4n) is 3.52. The first-order valence-electron chi connectivity index (χ1n) is 9.60. The van der Waals surface area contributed by atoms with E-state index in [1.54, 1.807) is 20.8 Å². The summed E-state index contributed by atoms with van der Waals surface area (Å²) in [5.74, 6) is -0.913. The van der Waals surface area contributed by atoms with Gasteiger partial charge in [-0.3, -0.25) is 4.79 Å². The van der Waals surface area contributed by atoms with Crippen LogP contribution in [0.15, 0.2) is 54.6 Å². The molecule has 0 aromatic heterocycles. The quantitative estimate of drug-likeness (QED) is 0.868. The van der Waals surface area contributed by atoms with E-state index in [4.69, 9.17) is 4.74 Å². The molecule has 5 heteroatoms. The van der Waals surface area contributed by atoms with Crippen LogP contribution in [0.25, 0.3) is 11.1 Å². The van der Waals surface area contributed by atoms with Gasteiger partial charge in [0.05, 0.1) is 12.5 Å². The monoisotopic (exact) mass is 381 g/mol. The number of ether oxygens (including phenoxy) is 1. The molecule has 2 unspecified atom stereocenters. The molecule has 2 atom stereocenters. The number of imide groups is 1. The summed E-state index contributed by atoms with van der Waals surface area (Å²) in [4.78, 5) is 26.3. The first-order valence-corrected chi connectivity index (χ1v) is 9.60.